The summed E-state index contributed by atoms with van der Waals surface area (Å²) >= 11 is 0. The van der Waals surface area contributed by atoms with Crippen LogP contribution in [0.3, 0.4) is 0 Å². The van der Waals surface area contributed by atoms with Crippen LogP contribution in [0, 0.1) is 16.0 Å². The highest BCUT2D eigenvalue weighted by Crippen LogP contribution is 2.20. The van der Waals surface area contributed by atoms with Crippen LogP contribution in [0.2, 0.25) is 0 Å². The van der Waals surface area contributed by atoms with Crippen molar-refractivity contribution in [2.75, 3.05) is 13.1 Å². The molecule has 13 heavy (non-hydrogen) atoms. The van der Waals surface area contributed by atoms with Crippen LogP contribution in [0.5, 0.6) is 0 Å². The summed E-state index contributed by atoms with van der Waals surface area (Å²) in [7, 11) is 0. The summed E-state index contributed by atoms with van der Waals surface area (Å²) in [5.41, 5.74) is 0. The molecule has 2 N–H and O–H groups in total. The number of hydrogen-bond donors (Lipinski definition) is 1. The molecule has 6 nitrogen and oxygen atoms in total. The number of nitrogens with two attached hydrogens (primary N) is 1. The van der Waals surface area contributed by atoms with Gasteiger partial charge in [0.15, 0.2) is 0 Å². The molecular weight excluding hydrogens is 174 g/mol. The summed E-state index contributed by atoms with van der Waals surface area (Å²) in [6.45, 7) is 3.31. The van der Waals surface area contributed by atoms with Gasteiger partial charge in [0.1, 0.15) is 6.10 Å². The normalized spacial score (nSPS) is 22.6. The van der Waals surface area contributed by atoms with Crippen molar-refractivity contribution < 1.29 is 9.92 Å². The first-order valence-electron chi connectivity index (χ1n) is 4.40. The third kappa shape index (κ3) is 3.16. The Morgan fingerprint density at radius 1 is 1.62 bits per heavy atom. The monoisotopic (exact) mass is 189 g/mol. The van der Waals surface area contributed by atoms with E-state index in [0.717, 1.165) is 25.9 Å². The van der Waals surface area contributed by atoms with Crippen molar-refractivity contribution in [3.05, 3.63) is 10.1 Å². The molecule has 0 aromatic rings. The first-order chi connectivity index (χ1) is 6.09. The third-order valence-electron chi connectivity index (χ3n) is 2.49. The maximum absolute atomic E-state index is 10.1. The van der Waals surface area contributed by atoms with E-state index in [9.17, 15) is 10.1 Å². The average Bonchev–Trinajstić information content (AvgIpc) is 2.04. The molecule has 76 valence electrons. The predicted molar refractivity (Wildman–Crippen MR) is 46.0 cm³/mol. The highest BCUT2D eigenvalue weighted by atomic mass is 17.0. The number of hydrogen-bond acceptors (Lipinski definition) is 5. The van der Waals surface area contributed by atoms with E-state index in [2.05, 4.69) is 4.84 Å². The molecule has 1 unspecified atom stereocenters. The summed E-state index contributed by atoms with van der Waals surface area (Å²) in [6.07, 6.45) is 1.42. The minimum Gasteiger partial charge on any atom is -0.311 e. The largest absolute Gasteiger partial charge is 0.311 e. The zero-order valence-corrected chi connectivity index (χ0v) is 7.68. The van der Waals surface area contributed by atoms with E-state index in [4.69, 9.17) is 5.84 Å². The van der Waals surface area contributed by atoms with E-state index >= 15 is 0 Å². The smallest absolute Gasteiger partial charge is 0.294 e. The van der Waals surface area contributed by atoms with E-state index in [1.165, 1.54) is 0 Å². The highest BCUT2D eigenvalue weighted by molar-refractivity contribution is 4.73. The molecule has 0 bridgehead atoms. The summed E-state index contributed by atoms with van der Waals surface area (Å²) in [6, 6.07) is 0. The molecule has 0 aromatic carbocycles. The molecule has 1 rings (SSSR count). The van der Waals surface area contributed by atoms with Gasteiger partial charge in [0, 0.05) is 13.1 Å². The van der Waals surface area contributed by atoms with Crippen molar-refractivity contribution >= 4 is 0 Å². The predicted octanol–water partition coefficient (Wildman–Crippen LogP) is 0.169. The van der Waals surface area contributed by atoms with Gasteiger partial charge in [-0.05, 0) is 25.7 Å². The van der Waals surface area contributed by atoms with Gasteiger partial charge >= 0.3 is 0 Å². The zero-order valence-electron chi connectivity index (χ0n) is 7.68. The SMILES string of the molecule is CC(O[N+](=O)[O-])C1CCN(N)CC1. The van der Waals surface area contributed by atoms with Gasteiger partial charge in [-0.15, -0.1) is 10.1 Å². The van der Waals surface area contributed by atoms with Crippen LogP contribution < -0.4 is 5.84 Å². The van der Waals surface area contributed by atoms with Crippen molar-refractivity contribution in [2.24, 2.45) is 11.8 Å². The highest BCUT2D eigenvalue weighted by Gasteiger charge is 2.24. The number of hydrazine groups is 1. The Labute approximate surface area is 76.7 Å². The molecule has 0 radical (unpaired) electrons. The van der Waals surface area contributed by atoms with E-state index in [1.807, 2.05) is 0 Å². The van der Waals surface area contributed by atoms with Crippen LogP contribution in [-0.4, -0.2) is 29.3 Å². The maximum atomic E-state index is 10.1. The van der Waals surface area contributed by atoms with Crippen molar-refractivity contribution in [1.82, 2.24) is 5.01 Å². The van der Waals surface area contributed by atoms with Crippen molar-refractivity contribution in [3.63, 3.8) is 0 Å². The second-order valence-corrected chi connectivity index (χ2v) is 3.41. The number of rotatable bonds is 3. The van der Waals surface area contributed by atoms with Crippen LogP contribution in [0.25, 0.3) is 0 Å². The Hall–Kier alpha value is -0.880. The average molecular weight is 189 g/mol. The molecule has 6 heteroatoms. The van der Waals surface area contributed by atoms with E-state index in [1.54, 1.807) is 11.9 Å². The van der Waals surface area contributed by atoms with E-state index in [-0.39, 0.29) is 12.0 Å². The Morgan fingerprint density at radius 3 is 2.62 bits per heavy atom. The lowest BCUT2D eigenvalue weighted by atomic mass is 9.93. The fourth-order valence-electron chi connectivity index (χ4n) is 1.61. The van der Waals surface area contributed by atoms with Crippen LogP contribution in [0.4, 0.5) is 0 Å². The molecule has 1 saturated heterocycles. The topological polar surface area (TPSA) is 81.6 Å². The van der Waals surface area contributed by atoms with Crippen LogP contribution in [0.15, 0.2) is 0 Å². The summed E-state index contributed by atoms with van der Waals surface area (Å²) in [5.74, 6) is 5.81. The van der Waals surface area contributed by atoms with Gasteiger partial charge in [0.25, 0.3) is 5.09 Å². The van der Waals surface area contributed by atoms with Crippen molar-refractivity contribution in [1.29, 1.82) is 0 Å². The Morgan fingerprint density at radius 2 is 2.15 bits per heavy atom. The van der Waals surface area contributed by atoms with Gasteiger partial charge in [-0.2, -0.15) is 0 Å². The Balaban J connectivity index is 2.31. The minimum absolute atomic E-state index is 0.255. The minimum atomic E-state index is -0.723. The van der Waals surface area contributed by atoms with E-state index < -0.39 is 5.09 Å². The first kappa shape index (κ1) is 10.2. The lowest BCUT2D eigenvalue weighted by molar-refractivity contribution is -0.769. The van der Waals surface area contributed by atoms with Crippen molar-refractivity contribution in [3.8, 4) is 0 Å². The number of piperidine rings is 1. The van der Waals surface area contributed by atoms with Crippen LogP contribution in [-0.2, 0) is 4.84 Å². The van der Waals surface area contributed by atoms with Crippen LogP contribution in [0.1, 0.15) is 19.8 Å². The quantitative estimate of drug-likeness (QED) is 0.389. The molecule has 1 atom stereocenters. The first-order valence-corrected chi connectivity index (χ1v) is 4.40. The molecule has 1 aliphatic heterocycles. The van der Waals surface area contributed by atoms with Gasteiger partial charge < -0.3 is 4.84 Å². The maximum Gasteiger partial charge on any atom is 0.294 e. The molecule has 0 saturated carbocycles. The molecule has 0 aliphatic carbocycles. The van der Waals surface area contributed by atoms with E-state index in [0.29, 0.717) is 0 Å². The zero-order chi connectivity index (χ0) is 9.84. The summed E-state index contributed by atoms with van der Waals surface area (Å²) in [5, 5.41) is 11.1. The summed E-state index contributed by atoms with van der Waals surface area (Å²) < 4.78 is 0. The van der Waals surface area contributed by atoms with Gasteiger partial charge in [-0.1, -0.05) is 0 Å². The fraction of sp³-hybridized carbons (Fsp3) is 1.00. The molecular formula is C7H15N3O3. The van der Waals surface area contributed by atoms with Crippen molar-refractivity contribution in [2.45, 2.75) is 25.9 Å². The second kappa shape index (κ2) is 4.38. The molecule has 1 aliphatic rings. The lowest BCUT2D eigenvalue weighted by Gasteiger charge is -2.30. The number of nitrogens with zero attached hydrogens (tertiary/aromatic N) is 2. The van der Waals surface area contributed by atoms with Gasteiger partial charge in [-0.3, -0.25) is 5.84 Å². The summed E-state index contributed by atoms with van der Waals surface area (Å²) in [4.78, 5) is 14.6. The van der Waals surface area contributed by atoms with Gasteiger partial charge in [0.2, 0.25) is 0 Å². The Bertz CT molecular complexity index is 180. The molecule has 0 spiro atoms. The van der Waals surface area contributed by atoms with Gasteiger partial charge in [0.05, 0.1) is 0 Å². The standard InChI is InChI=1S/C7H15N3O3/c1-6(13-10(11)12)7-2-4-9(8)5-3-7/h6-7H,2-5,8H2,1H3. The molecule has 1 fully saturated rings. The lowest BCUT2D eigenvalue weighted by Crippen LogP contribution is -2.41. The Kier molecular flexibility index (Phi) is 3.44. The fourth-order valence-corrected chi connectivity index (χ4v) is 1.61. The van der Waals surface area contributed by atoms with Gasteiger partial charge in [-0.25, -0.2) is 5.01 Å². The second-order valence-electron chi connectivity index (χ2n) is 3.41. The molecule has 0 aromatic heterocycles. The molecule has 1 heterocycles. The van der Waals surface area contributed by atoms with Crippen LogP contribution >= 0.6 is 0 Å². The molecule has 0 amide bonds. The third-order valence-corrected chi connectivity index (χ3v) is 2.49.